The van der Waals surface area contributed by atoms with Crippen LogP contribution in [0.3, 0.4) is 0 Å². The van der Waals surface area contributed by atoms with E-state index in [4.69, 9.17) is 5.73 Å². The van der Waals surface area contributed by atoms with Crippen LogP contribution < -0.4 is 5.73 Å². The molecule has 0 radical (unpaired) electrons. The molecule has 1 atom stereocenters. The first-order valence-electron chi connectivity index (χ1n) is 7.72. The minimum Gasteiger partial charge on any atom is -0.327 e. The number of H-pyrrole nitrogens is 1. The van der Waals surface area contributed by atoms with Crippen LogP contribution in [0, 0.1) is 11.2 Å². The van der Waals surface area contributed by atoms with Crippen molar-refractivity contribution in [3.05, 3.63) is 41.8 Å². The molecule has 3 N–H and O–H groups in total. The predicted octanol–water partition coefficient (Wildman–Crippen LogP) is 3.20. The number of piperidine rings is 1. The third-order valence-corrected chi connectivity index (χ3v) is 4.64. The van der Waals surface area contributed by atoms with Crippen molar-refractivity contribution in [1.29, 1.82) is 0 Å². The third kappa shape index (κ3) is 3.91. The Hall–Kier alpha value is -1.43. The second-order valence-electron chi connectivity index (χ2n) is 6.87. The van der Waals surface area contributed by atoms with Gasteiger partial charge in [0.25, 0.3) is 0 Å². The molecular formula is C17H24ClFN4. The van der Waals surface area contributed by atoms with E-state index in [1.165, 1.54) is 12.1 Å². The third-order valence-electron chi connectivity index (χ3n) is 4.64. The van der Waals surface area contributed by atoms with Crippen LogP contribution in [0.25, 0.3) is 11.3 Å². The Morgan fingerprint density at radius 2 is 2.04 bits per heavy atom. The highest BCUT2D eigenvalue weighted by atomic mass is 35.5. The number of halogens is 2. The van der Waals surface area contributed by atoms with Gasteiger partial charge in [-0.3, -0.25) is 10.00 Å². The molecule has 2 aromatic rings. The quantitative estimate of drug-likeness (QED) is 0.903. The highest BCUT2D eigenvalue weighted by Crippen LogP contribution is 2.30. The molecule has 126 valence electrons. The van der Waals surface area contributed by atoms with Gasteiger partial charge in [-0.05, 0) is 36.1 Å². The number of nitrogens with two attached hydrogens (primary N) is 1. The minimum absolute atomic E-state index is 0. The second kappa shape index (κ2) is 6.99. The fourth-order valence-corrected chi connectivity index (χ4v) is 3.16. The van der Waals surface area contributed by atoms with E-state index in [0.717, 1.165) is 42.9 Å². The Labute approximate surface area is 142 Å². The zero-order valence-electron chi connectivity index (χ0n) is 13.6. The summed E-state index contributed by atoms with van der Waals surface area (Å²) in [7, 11) is 0. The molecule has 23 heavy (non-hydrogen) atoms. The maximum Gasteiger partial charge on any atom is 0.123 e. The van der Waals surface area contributed by atoms with Crippen LogP contribution in [0.5, 0.6) is 0 Å². The van der Waals surface area contributed by atoms with Crippen molar-refractivity contribution in [2.24, 2.45) is 11.1 Å². The van der Waals surface area contributed by atoms with E-state index in [0.29, 0.717) is 0 Å². The monoisotopic (exact) mass is 338 g/mol. The van der Waals surface area contributed by atoms with Crippen molar-refractivity contribution in [2.75, 3.05) is 13.1 Å². The van der Waals surface area contributed by atoms with Gasteiger partial charge in [-0.2, -0.15) is 5.10 Å². The summed E-state index contributed by atoms with van der Waals surface area (Å²) < 4.78 is 13.1. The van der Waals surface area contributed by atoms with E-state index in [1.807, 2.05) is 6.20 Å². The SMILES string of the molecule is CC1(C)CN(Cc2cn[nH]c2-c2ccc(F)cc2)CCC1N.Cl. The lowest BCUT2D eigenvalue weighted by Crippen LogP contribution is -2.52. The van der Waals surface area contributed by atoms with Gasteiger partial charge in [0, 0.05) is 36.8 Å². The van der Waals surface area contributed by atoms with E-state index in [1.54, 1.807) is 12.1 Å². The first-order valence-corrected chi connectivity index (χ1v) is 7.72. The molecule has 1 aromatic heterocycles. The van der Waals surface area contributed by atoms with Crippen LogP contribution in [0.15, 0.2) is 30.5 Å². The van der Waals surface area contributed by atoms with Crippen molar-refractivity contribution in [3.8, 4) is 11.3 Å². The number of hydrogen-bond donors (Lipinski definition) is 2. The molecule has 1 fully saturated rings. The van der Waals surface area contributed by atoms with Gasteiger partial charge in [-0.1, -0.05) is 13.8 Å². The summed E-state index contributed by atoms with van der Waals surface area (Å²) in [6.45, 7) is 7.25. The van der Waals surface area contributed by atoms with Gasteiger partial charge >= 0.3 is 0 Å². The van der Waals surface area contributed by atoms with Crippen LogP contribution in [0.4, 0.5) is 4.39 Å². The summed E-state index contributed by atoms with van der Waals surface area (Å²) in [6, 6.07) is 6.76. The molecule has 0 spiro atoms. The first-order chi connectivity index (χ1) is 10.5. The molecule has 1 saturated heterocycles. The number of nitrogens with zero attached hydrogens (tertiary/aromatic N) is 2. The summed E-state index contributed by atoms with van der Waals surface area (Å²) in [5.41, 5.74) is 9.39. The number of benzene rings is 1. The average Bonchev–Trinajstić information content (AvgIpc) is 2.92. The Morgan fingerprint density at radius 1 is 1.35 bits per heavy atom. The fourth-order valence-electron chi connectivity index (χ4n) is 3.16. The van der Waals surface area contributed by atoms with Crippen molar-refractivity contribution >= 4 is 12.4 Å². The number of hydrogen-bond acceptors (Lipinski definition) is 3. The molecule has 0 amide bonds. The Balaban J connectivity index is 0.00000192. The Bertz CT molecular complexity index is 638. The second-order valence-corrected chi connectivity index (χ2v) is 6.87. The van der Waals surface area contributed by atoms with Crippen LogP contribution >= 0.6 is 12.4 Å². The van der Waals surface area contributed by atoms with Crippen molar-refractivity contribution in [3.63, 3.8) is 0 Å². The van der Waals surface area contributed by atoms with Crippen molar-refractivity contribution in [2.45, 2.75) is 32.9 Å². The fraction of sp³-hybridized carbons (Fsp3) is 0.471. The maximum atomic E-state index is 13.1. The van der Waals surface area contributed by atoms with E-state index in [2.05, 4.69) is 28.9 Å². The van der Waals surface area contributed by atoms with Gasteiger partial charge in [-0.25, -0.2) is 4.39 Å². The Kier molecular flexibility index (Phi) is 5.45. The molecule has 6 heteroatoms. The molecule has 0 aliphatic carbocycles. The minimum atomic E-state index is -0.225. The molecule has 3 rings (SSSR count). The van der Waals surface area contributed by atoms with Crippen LogP contribution in [0.1, 0.15) is 25.8 Å². The molecule has 1 unspecified atom stereocenters. The zero-order valence-corrected chi connectivity index (χ0v) is 14.4. The standard InChI is InChI=1S/C17H23FN4.ClH/c1-17(2)11-22(8-7-15(17)19)10-13-9-20-21-16(13)12-3-5-14(18)6-4-12;/h3-6,9,15H,7-8,10-11,19H2,1-2H3,(H,20,21);1H. The molecule has 2 heterocycles. The normalized spacial score (nSPS) is 21.0. The van der Waals surface area contributed by atoms with E-state index in [-0.39, 0.29) is 29.7 Å². The number of aromatic amines is 1. The number of aromatic nitrogens is 2. The molecule has 1 aliphatic heterocycles. The largest absolute Gasteiger partial charge is 0.327 e. The molecule has 0 bridgehead atoms. The van der Waals surface area contributed by atoms with E-state index < -0.39 is 0 Å². The van der Waals surface area contributed by atoms with Gasteiger partial charge in [0.1, 0.15) is 5.82 Å². The highest BCUT2D eigenvalue weighted by molar-refractivity contribution is 5.85. The molecule has 1 aromatic carbocycles. The molecule has 1 aliphatic rings. The van der Waals surface area contributed by atoms with Crippen molar-refractivity contribution in [1.82, 2.24) is 15.1 Å². The van der Waals surface area contributed by atoms with Crippen LogP contribution in [-0.4, -0.2) is 34.2 Å². The van der Waals surface area contributed by atoms with Gasteiger partial charge in [-0.15, -0.1) is 12.4 Å². The maximum absolute atomic E-state index is 13.1. The first kappa shape index (κ1) is 17.9. The van der Waals surface area contributed by atoms with Gasteiger partial charge in [0.15, 0.2) is 0 Å². The summed E-state index contributed by atoms with van der Waals surface area (Å²) in [4.78, 5) is 2.42. The number of nitrogens with one attached hydrogen (secondary N) is 1. The van der Waals surface area contributed by atoms with Gasteiger partial charge < -0.3 is 5.73 Å². The molecule has 4 nitrogen and oxygen atoms in total. The Morgan fingerprint density at radius 3 is 2.70 bits per heavy atom. The summed E-state index contributed by atoms with van der Waals surface area (Å²) in [5.74, 6) is -0.225. The molecule has 0 saturated carbocycles. The van der Waals surface area contributed by atoms with Crippen molar-refractivity contribution < 1.29 is 4.39 Å². The van der Waals surface area contributed by atoms with Crippen LogP contribution in [-0.2, 0) is 6.54 Å². The average molecular weight is 339 g/mol. The van der Waals surface area contributed by atoms with E-state index in [9.17, 15) is 4.39 Å². The van der Waals surface area contributed by atoms with Crippen LogP contribution in [0.2, 0.25) is 0 Å². The van der Waals surface area contributed by atoms with Gasteiger partial charge in [0.2, 0.25) is 0 Å². The lowest BCUT2D eigenvalue weighted by Gasteiger charge is -2.42. The number of rotatable bonds is 3. The number of likely N-dealkylation sites (tertiary alicyclic amines) is 1. The zero-order chi connectivity index (χ0) is 15.7. The smallest absolute Gasteiger partial charge is 0.123 e. The predicted molar refractivity (Wildman–Crippen MR) is 92.9 cm³/mol. The molecular weight excluding hydrogens is 315 g/mol. The van der Waals surface area contributed by atoms with Gasteiger partial charge in [0.05, 0.1) is 11.9 Å². The lowest BCUT2D eigenvalue weighted by atomic mass is 9.79. The topological polar surface area (TPSA) is 57.9 Å². The lowest BCUT2D eigenvalue weighted by molar-refractivity contribution is 0.0900. The summed E-state index contributed by atoms with van der Waals surface area (Å²) in [5, 5.41) is 7.20. The summed E-state index contributed by atoms with van der Waals surface area (Å²) in [6.07, 6.45) is 2.87. The highest BCUT2D eigenvalue weighted by Gasteiger charge is 2.33. The summed E-state index contributed by atoms with van der Waals surface area (Å²) >= 11 is 0. The van der Waals surface area contributed by atoms with E-state index >= 15 is 0 Å².